The van der Waals surface area contributed by atoms with Crippen LogP contribution in [0.15, 0.2) is 67.1 Å². The summed E-state index contributed by atoms with van der Waals surface area (Å²) >= 11 is 0. The van der Waals surface area contributed by atoms with Gasteiger partial charge in [-0.15, -0.1) is 0 Å². The molecule has 4 aromatic heterocycles. The van der Waals surface area contributed by atoms with E-state index in [1.54, 1.807) is 24.7 Å². The Morgan fingerprint density at radius 2 is 1.84 bits per heavy atom. The van der Waals surface area contributed by atoms with Crippen molar-refractivity contribution in [3.8, 4) is 39.7 Å². The van der Waals surface area contributed by atoms with Crippen molar-refractivity contribution in [1.29, 1.82) is 0 Å². The zero-order valence-electron chi connectivity index (χ0n) is 24.4. The summed E-state index contributed by atoms with van der Waals surface area (Å²) in [7, 11) is 3.91. The van der Waals surface area contributed by atoms with Crippen molar-refractivity contribution in [2.45, 2.75) is 20.1 Å². The fourth-order valence-corrected chi connectivity index (χ4v) is 4.78. The van der Waals surface area contributed by atoms with Gasteiger partial charge in [-0.1, -0.05) is 19.9 Å². The van der Waals surface area contributed by atoms with Gasteiger partial charge >= 0.3 is 0 Å². The van der Waals surface area contributed by atoms with Gasteiger partial charge in [0.15, 0.2) is 5.82 Å². The van der Waals surface area contributed by atoms with Crippen molar-refractivity contribution in [3.05, 3.63) is 72.9 Å². The van der Waals surface area contributed by atoms with Crippen LogP contribution in [0.1, 0.15) is 13.8 Å². The van der Waals surface area contributed by atoms with Crippen molar-refractivity contribution < 1.29 is 14.2 Å². The average Bonchev–Trinajstić information content (AvgIpc) is 3.60. The van der Waals surface area contributed by atoms with Crippen molar-refractivity contribution in [2.24, 2.45) is 5.92 Å². The lowest BCUT2D eigenvalue weighted by Gasteiger charge is -2.17. The molecule has 1 atom stereocenters. The molecule has 6 rings (SSSR count). The molecule has 0 saturated carbocycles. The highest BCUT2D eigenvalue weighted by Crippen LogP contribution is 2.34. The maximum atomic E-state index is 14.6. The van der Waals surface area contributed by atoms with E-state index >= 15 is 0 Å². The fraction of sp³-hybridized carbons (Fsp3) is 0.250. The van der Waals surface area contributed by atoms with Crippen LogP contribution in [0.5, 0.6) is 5.75 Å². The Hall–Kier alpha value is -4.87. The van der Waals surface area contributed by atoms with E-state index in [1.165, 1.54) is 12.1 Å². The van der Waals surface area contributed by atoms with Crippen LogP contribution < -0.4 is 10.1 Å². The number of nitrogens with zero attached hydrogens (tertiary/aromatic N) is 5. The van der Waals surface area contributed by atoms with Gasteiger partial charge in [-0.25, -0.2) is 9.37 Å². The quantitative estimate of drug-likeness (QED) is 0.152. The van der Waals surface area contributed by atoms with Crippen LogP contribution in [-0.4, -0.2) is 73.6 Å². The summed E-state index contributed by atoms with van der Waals surface area (Å²) in [6.45, 7) is 5.03. The Morgan fingerprint density at radius 3 is 2.65 bits per heavy atom. The van der Waals surface area contributed by atoms with E-state index in [1.807, 2.05) is 63.2 Å². The number of imidazole rings is 1. The Bertz CT molecular complexity index is 1900. The normalized spacial score (nSPS) is 12.5. The predicted octanol–water partition coefficient (Wildman–Crippen LogP) is 5.70. The van der Waals surface area contributed by atoms with Gasteiger partial charge in [0.25, 0.3) is 0 Å². The molecule has 0 aliphatic carbocycles. The summed E-state index contributed by atoms with van der Waals surface area (Å²) < 4.78 is 20.4. The summed E-state index contributed by atoms with van der Waals surface area (Å²) in [4.78, 5) is 19.1. The second-order valence-corrected chi connectivity index (χ2v) is 11.1. The van der Waals surface area contributed by atoms with E-state index in [0.29, 0.717) is 47.2 Å². The fourth-order valence-electron chi connectivity index (χ4n) is 4.78. The molecular formula is C32H33FN8O2. The zero-order chi connectivity index (χ0) is 30.1. The molecule has 10 nitrogen and oxygen atoms in total. The molecule has 43 heavy (non-hydrogen) atoms. The van der Waals surface area contributed by atoms with Gasteiger partial charge < -0.3 is 25.0 Å². The maximum absolute atomic E-state index is 14.6. The molecule has 0 fully saturated rings. The lowest BCUT2D eigenvalue weighted by atomic mass is 10.0. The first-order chi connectivity index (χ1) is 20.7. The number of hydrogen-bond acceptors (Lipinski definition) is 8. The number of benzene rings is 2. The third-order valence-corrected chi connectivity index (χ3v) is 7.16. The van der Waals surface area contributed by atoms with Crippen LogP contribution in [0.25, 0.3) is 55.8 Å². The number of rotatable bonds is 10. The lowest BCUT2D eigenvalue weighted by molar-refractivity contribution is 0.153. The second kappa shape index (κ2) is 11.8. The highest BCUT2D eigenvalue weighted by molar-refractivity contribution is 5.97. The maximum Gasteiger partial charge on any atom is 0.159 e. The lowest BCUT2D eigenvalue weighted by Crippen LogP contribution is -2.24. The molecule has 220 valence electrons. The van der Waals surface area contributed by atoms with Crippen LogP contribution in [-0.2, 0) is 0 Å². The molecule has 4 N–H and O–H groups in total. The molecule has 4 heterocycles. The number of hydrogen-bond donors (Lipinski definition) is 4. The molecule has 0 amide bonds. The summed E-state index contributed by atoms with van der Waals surface area (Å²) in [6.07, 6.45) is 4.46. The van der Waals surface area contributed by atoms with Crippen molar-refractivity contribution in [1.82, 2.24) is 35.0 Å². The summed E-state index contributed by atoms with van der Waals surface area (Å²) in [5.74, 6) is 0.632. The number of aromatic nitrogens is 6. The summed E-state index contributed by atoms with van der Waals surface area (Å²) in [5, 5.41) is 21.9. The van der Waals surface area contributed by atoms with E-state index in [4.69, 9.17) is 9.72 Å². The standard InChI is InChI=1S/C32H33FN8O2/c1-18(2)32(42)36-23-12-21(16-34-17-23)19-5-6-26-25(14-19)29(40-39-26)31-37-27-7-8-35-28(30(27)38-31)20-11-22(33)15-24(13-20)43-10-9-41(3)4/h5-8,11-18,32,36,42H,9-10H2,1-4H3,(H,37,38)(H,39,40). The Morgan fingerprint density at radius 1 is 0.977 bits per heavy atom. The number of nitrogens with one attached hydrogen (secondary N) is 3. The van der Waals surface area contributed by atoms with E-state index in [0.717, 1.165) is 33.2 Å². The van der Waals surface area contributed by atoms with Gasteiger partial charge in [-0.05, 0) is 62.0 Å². The molecule has 0 aliphatic heterocycles. The largest absolute Gasteiger partial charge is 0.492 e. The number of aliphatic hydroxyl groups excluding tert-OH is 1. The van der Waals surface area contributed by atoms with Gasteiger partial charge in [0, 0.05) is 41.5 Å². The number of halogens is 1. The van der Waals surface area contributed by atoms with E-state index < -0.39 is 12.0 Å². The van der Waals surface area contributed by atoms with Crippen LogP contribution in [0.3, 0.4) is 0 Å². The molecule has 0 bridgehead atoms. The van der Waals surface area contributed by atoms with Crippen molar-refractivity contribution in [3.63, 3.8) is 0 Å². The minimum atomic E-state index is -0.679. The molecule has 0 radical (unpaired) electrons. The third kappa shape index (κ3) is 6.04. The SMILES string of the molecule is CC(C)C(O)Nc1cncc(-c2ccc3[nH]nc(-c4nc5c(-c6cc(F)cc(OCCN(C)C)c6)nccc5[nH]4)c3c2)c1. The zero-order valence-corrected chi connectivity index (χ0v) is 24.4. The predicted molar refractivity (Wildman–Crippen MR) is 166 cm³/mol. The van der Waals surface area contributed by atoms with Gasteiger partial charge in [0.2, 0.25) is 0 Å². The average molecular weight is 581 g/mol. The summed E-state index contributed by atoms with van der Waals surface area (Å²) in [6, 6.07) is 14.4. The molecule has 6 aromatic rings. The number of aliphatic hydroxyl groups is 1. The molecule has 11 heteroatoms. The monoisotopic (exact) mass is 580 g/mol. The van der Waals surface area contributed by atoms with Crippen LogP contribution >= 0.6 is 0 Å². The number of anilines is 1. The van der Waals surface area contributed by atoms with Gasteiger partial charge in [0.05, 0.1) is 28.6 Å². The van der Waals surface area contributed by atoms with Gasteiger partial charge in [-0.3, -0.25) is 15.1 Å². The smallest absolute Gasteiger partial charge is 0.159 e. The first-order valence-electron chi connectivity index (χ1n) is 14.1. The third-order valence-electron chi connectivity index (χ3n) is 7.16. The molecule has 0 saturated heterocycles. The molecule has 0 spiro atoms. The number of pyridine rings is 2. The Kier molecular flexibility index (Phi) is 7.75. The van der Waals surface area contributed by atoms with Gasteiger partial charge in [0.1, 0.15) is 35.6 Å². The minimum Gasteiger partial charge on any atom is -0.492 e. The summed E-state index contributed by atoms with van der Waals surface area (Å²) in [5.41, 5.74) is 6.50. The molecule has 0 aliphatic rings. The van der Waals surface area contributed by atoms with Gasteiger partial charge in [-0.2, -0.15) is 5.10 Å². The van der Waals surface area contributed by atoms with E-state index in [2.05, 4.69) is 30.5 Å². The number of likely N-dealkylation sites (N-methyl/N-ethyl adjacent to an activating group) is 1. The highest BCUT2D eigenvalue weighted by Gasteiger charge is 2.18. The second-order valence-electron chi connectivity index (χ2n) is 11.1. The molecule has 2 aromatic carbocycles. The number of aromatic amines is 2. The number of ether oxygens (including phenoxy) is 1. The number of H-pyrrole nitrogens is 2. The molecular weight excluding hydrogens is 547 g/mol. The van der Waals surface area contributed by atoms with Crippen LogP contribution in [0, 0.1) is 11.7 Å². The molecule has 1 unspecified atom stereocenters. The number of fused-ring (bicyclic) bond motifs is 2. The van der Waals surface area contributed by atoms with Crippen molar-refractivity contribution >= 4 is 27.6 Å². The van der Waals surface area contributed by atoms with E-state index in [-0.39, 0.29) is 5.92 Å². The Labute approximate surface area is 248 Å². The Balaban J connectivity index is 1.35. The minimum absolute atomic E-state index is 0.0531. The van der Waals surface area contributed by atoms with E-state index in [9.17, 15) is 9.50 Å². The first-order valence-corrected chi connectivity index (χ1v) is 14.1. The first kappa shape index (κ1) is 28.3. The van der Waals surface area contributed by atoms with Crippen LogP contribution in [0.2, 0.25) is 0 Å². The van der Waals surface area contributed by atoms with Crippen LogP contribution in [0.4, 0.5) is 10.1 Å². The topological polar surface area (TPSA) is 128 Å². The van der Waals surface area contributed by atoms with Crippen molar-refractivity contribution in [2.75, 3.05) is 32.6 Å². The highest BCUT2D eigenvalue weighted by atomic mass is 19.1.